The first-order chi connectivity index (χ1) is 11.0. The van der Waals surface area contributed by atoms with Crippen molar-refractivity contribution >= 4 is 28.5 Å². The van der Waals surface area contributed by atoms with Crippen molar-refractivity contribution in [1.29, 1.82) is 0 Å². The smallest absolute Gasteiger partial charge is 0.396 e. The van der Waals surface area contributed by atoms with Gasteiger partial charge < -0.3 is 10.1 Å². The Hall–Kier alpha value is -2.28. The molecule has 1 aromatic carbocycles. The number of amides is 1. The van der Waals surface area contributed by atoms with E-state index in [2.05, 4.69) is 17.0 Å². The van der Waals surface area contributed by atoms with E-state index in [4.69, 9.17) is 0 Å². The van der Waals surface area contributed by atoms with Crippen molar-refractivity contribution in [2.24, 2.45) is 0 Å². The average molecular weight is 335 g/mol. The molecule has 7 heteroatoms. The van der Waals surface area contributed by atoms with Crippen molar-refractivity contribution in [3.63, 3.8) is 0 Å². The minimum absolute atomic E-state index is 0.168. The maximum atomic E-state index is 12.5. The highest BCUT2D eigenvalue weighted by Gasteiger charge is 2.28. The molecule has 2 rings (SSSR count). The summed E-state index contributed by atoms with van der Waals surface area (Å²) in [6, 6.07) is 5.22. The molecule has 1 heterocycles. The number of methoxy groups -OCH3 is 1. The normalized spacial score (nSPS) is 16.3. The zero-order valence-electron chi connectivity index (χ0n) is 12.9. The van der Waals surface area contributed by atoms with Crippen LogP contribution in [0.3, 0.4) is 0 Å². The number of carbonyl (C=O) groups excluding carboxylic acids is 3. The molecule has 1 aliphatic heterocycles. The van der Waals surface area contributed by atoms with E-state index in [9.17, 15) is 18.6 Å². The van der Waals surface area contributed by atoms with Crippen LogP contribution in [0.15, 0.2) is 34.2 Å². The molecule has 1 aliphatic rings. The third kappa shape index (κ3) is 3.73. The van der Waals surface area contributed by atoms with Crippen LogP contribution in [0.2, 0.25) is 0 Å². The van der Waals surface area contributed by atoms with Crippen LogP contribution in [-0.2, 0) is 31.5 Å². The molecule has 1 atom stereocenters. The number of unbranched alkanes of at least 4 members (excludes halogenated alkanes) is 1. The van der Waals surface area contributed by atoms with E-state index in [1.165, 1.54) is 0 Å². The van der Waals surface area contributed by atoms with Gasteiger partial charge in [-0.2, -0.15) is 0 Å². The van der Waals surface area contributed by atoms with Crippen LogP contribution in [0.25, 0.3) is 0 Å². The molecule has 1 N–H and O–H groups in total. The molecule has 0 spiro atoms. The first-order valence-electron chi connectivity index (χ1n) is 7.17. The third-order valence-corrected chi connectivity index (χ3v) is 4.65. The molecule has 1 aromatic rings. The SMILES string of the molecule is CCCCc1ccc2c(c1)C(=O)C(NC(=O)C(=O)OC)=CS2=O. The Bertz CT molecular complexity index is 723. The predicted octanol–water partition coefficient (Wildman–Crippen LogP) is 1.46. The number of hydrogen-bond acceptors (Lipinski definition) is 5. The molecule has 1 amide bonds. The highest BCUT2D eigenvalue weighted by atomic mass is 32.2. The van der Waals surface area contributed by atoms with Crippen LogP contribution >= 0.6 is 0 Å². The first kappa shape index (κ1) is 17.1. The largest absolute Gasteiger partial charge is 0.462 e. The summed E-state index contributed by atoms with van der Waals surface area (Å²) in [7, 11) is -0.499. The Balaban J connectivity index is 2.28. The van der Waals surface area contributed by atoms with Gasteiger partial charge in [0, 0.05) is 11.0 Å². The van der Waals surface area contributed by atoms with Gasteiger partial charge in [-0.25, -0.2) is 9.00 Å². The van der Waals surface area contributed by atoms with Gasteiger partial charge in [0.05, 0.1) is 28.5 Å². The van der Waals surface area contributed by atoms with Crippen LogP contribution in [0.1, 0.15) is 35.7 Å². The van der Waals surface area contributed by atoms with Gasteiger partial charge in [0.25, 0.3) is 0 Å². The van der Waals surface area contributed by atoms with Crippen molar-refractivity contribution < 1.29 is 23.3 Å². The topological polar surface area (TPSA) is 89.5 Å². The molecule has 1 unspecified atom stereocenters. The molecule has 0 aliphatic carbocycles. The molecule has 0 saturated heterocycles. The maximum absolute atomic E-state index is 12.5. The second kappa shape index (κ2) is 7.32. The second-order valence-electron chi connectivity index (χ2n) is 5.04. The van der Waals surface area contributed by atoms with Crippen molar-refractivity contribution in [2.45, 2.75) is 31.1 Å². The summed E-state index contributed by atoms with van der Waals surface area (Å²) < 4.78 is 16.5. The fourth-order valence-electron chi connectivity index (χ4n) is 2.19. The Morgan fingerprint density at radius 3 is 2.70 bits per heavy atom. The average Bonchev–Trinajstić information content (AvgIpc) is 2.56. The molecule has 0 fully saturated rings. The highest BCUT2D eigenvalue weighted by molar-refractivity contribution is 7.88. The van der Waals surface area contributed by atoms with Gasteiger partial charge in [-0.1, -0.05) is 19.4 Å². The van der Waals surface area contributed by atoms with Crippen molar-refractivity contribution in [3.05, 3.63) is 40.4 Å². The zero-order chi connectivity index (χ0) is 17.0. The number of fused-ring (bicyclic) bond motifs is 1. The Labute approximate surface area is 136 Å². The van der Waals surface area contributed by atoms with Crippen LogP contribution in [0, 0.1) is 0 Å². The molecule has 0 aromatic heterocycles. The molecule has 23 heavy (non-hydrogen) atoms. The lowest BCUT2D eigenvalue weighted by molar-refractivity contribution is -0.152. The van der Waals surface area contributed by atoms with Crippen LogP contribution in [0.5, 0.6) is 0 Å². The number of rotatable bonds is 4. The molecule has 0 bridgehead atoms. The molecule has 6 nitrogen and oxygen atoms in total. The fraction of sp³-hybridized carbons (Fsp3) is 0.312. The number of allylic oxidation sites excluding steroid dienone is 1. The maximum Gasteiger partial charge on any atom is 0.396 e. The molecular weight excluding hydrogens is 318 g/mol. The quantitative estimate of drug-likeness (QED) is 0.665. The second-order valence-corrected chi connectivity index (χ2v) is 6.31. The van der Waals surface area contributed by atoms with Gasteiger partial charge in [-0.05, 0) is 30.5 Å². The number of Topliss-reactive ketones (excluding diaryl/α,β-unsaturated/α-hetero) is 1. The number of aryl methyl sites for hydroxylation is 1. The Kier molecular flexibility index (Phi) is 5.44. The van der Waals surface area contributed by atoms with Gasteiger partial charge in [0.2, 0.25) is 5.78 Å². The van der Waals surface area contributed by atoms with Crippen LogP contribution in [0.4, 0.5) is 0 Å². The summed E-state index contributed by atoms with van der Waals surface area (Å²) >= 11 is 0. The summed E-state index contributed by atoms with van der Waals surface area (Å²) in [4.78, 5) is 35.6. The number of hydrogen-bond donors (Lipinski definition) is 1. The van der Waals surface area contributed by atoms with E-state index >= 15 is 0 Å². The first-order valence-corrected chi connectivity index (χ1v) is 8.38. The lowest BCUT2D eigenvalue weighted by Gasteiger charge is -2.16. The number of benzene rings is 1. The summed E-state index contributed by atoms with van der Waals surface area (Å²) in [6.45, 7) is 2.07. The van der Waals surface area contributed by atoms with Gasteiger partial charge in [-0.3, -0.25) is 9.59 Å². The van der Waals surface area contributed by atoms with Gasteiger partial charge in [0.15, 0.2) is 0 Å². The molecule has 122 valence electrons. The number of esters is 1. The van der Waals surface area contributed by atoms with Crippen LogP contribution in [-0.4, -0.2) is 29.0 Å². The van der Waals surface area contributed by atoms with Crippen LogP contribution < -0.4 is 5.32 Å². The van der Waals surface area contributed by atoms with Crippen molar-refractivity contribution in [1.82, 2.24) is 5.32 Å². The minimum Gasteiger partial charge on any atom is -0.462 e. The van der Waals surface area contributed by atoms with E-state index in [0.29, 0.717) is 10.5 Å². The number of ketones is 1. The zero-order valence-corrected chi connectivity index (χ0v) is 13.7. The number of ether oxygens (including phenoxy) is 1. The highest BCUT2D eigenvalue weighted by Crippen LogP contribution is 2.25. The van der Waals surface area contributed by atoms with Crippen molar-refractivity contribution in [3.8, 4) is 0 Å². The monoisotopic (exact) mass is 335 g/mol. The van der Waals surface area contributed by atoms with E-state index in [-0.39, 0.29) is 5.70 Å². The summed E-state index contributed by atoms with van der Waals surface area (Å²) in [5.74, 6) is -2.66. The van der Waals surface area contributed by atoms with E-state index in [1.807, 2.05) is 6.07 Å². The molecule has 0 radical (unpaired) electrons. The summed E-state index contributed by atoms with van der Waals surface area (Å²) in [5.41, 5.74) is 1.09. The molecule has 0 saturated carbocycles. The Morgan fingerprint density at radius 1 is 1.30 bits per heavy atom. The van der Waals surface area contributed by atoms with Gasteiger partial charge in [-0.15, -0.1) is 0 Å². The number of carbonyl (C=O) groups is 3. The standard InChI is InChI=1S/C16H17NO5S/c1-3-4-5-10-6-7-13-11(8-10)14(18)12(9-23(13)21)17-15(19)16(20)22-2/h6-9H,3-5H2,1-2H3,(H,17,19). The lowest BCUT2D eigenvalue weighted by Crippen LogP contribution is -2.35. The van der Waals surface area contributed by atoms with Crippen molar-refractivity contribution in [2.75, 3.05) is 7.11 Å². The van der Waals surface area contributed by atoms with Gasteiger partial charge in [0.1, 0.15) is 0 Å². The van der Waals surface area contributed by atoms with E-state index in [0.717, 1.165) is 37.3 Å². The number of nitrogens with one attached hydrogen (secondary N) is 1. The summed E-state index contributed by atoms with van der Waals surface area (Å²) in [6.07, 6.45) is 2.83. The van der Waals surface area contributed by atoms with Gasteiger partial charge >= 0.3 is 11.9 Å². The lowest BCUT2D eigenvalue weighted by atomic mass is 10.0. The third-order valence-electron chi connectivity index (χ3n) is 3.41. The fourth-order valence-corrected chi connectivity index (χ4v) is 3.27. The Morgan fingerprint density at radius 2 is 2.04 bits per heavy atom. The summed E-state index contributed by atoms with van der Waals surface area (Å²) in [5, 5.41) is 3.29. The minimum atomic E-state index is -1.56. The molecular formula is C16H17NO5S. The van der Waals surface area contributed by atoms with E-state index in [1.54, 1.807) is 12.1 Å². The predicted molar refractivity (Wildman–Crippen MR) is 84.0 cm³/mol. The van der Waals surface area contributed by atoms with E-state index < -0.39 is 28.5 Å².